The molecule has 0 bridgehead atoms. The molecule has 0 aliphatic heterocycles. The minimum atomic E-state index is -3.91. The van der Waals surface area contributed by atoms with Gasteiger partial charge in [0.1, 0.15) is 17.4 Å². The molecule has 2 aromatic carbocycles. The van der Waals surface area contributed by atoms with Crippen molar-refractivity contribution in [2.45, 2.75) is 63.8 Å². The van der Waals surface area contributed by atoms with Crippen LogP contribution in [0.4, 0.5) is 0 Å². The largest absolute Gasteiger partial charge is 0.425 e. The van der Waals surface area contributed by atoms with Crippen LogP contribution in [0.1, 0.15) is 48.4 Å². The zero-order valence-corrected chi connectivity index (χ0v) is 19.8. The number of nitrogens with one attached hydrogen (secondary N) is 1. The van der Waals surface area contributed by atoms with Crippen LogP contribution in [0.5, 0.6) is 5.75 Å². The number of sulfonamides is 1. The van der Waals surface area contributed by atoms with Crippen molar-refractivity contribution in [1.82, 2.24) is 4.72 Å². The van der Waals surface area contributed by atoms with Gasteiger partial charge in [0.2, 0.25) is 10.0 Å². The number of fused-ring (bicyclic) bond motifs is 3. The number of hydrogen-bond acceptors (Lipinski definition) is 6. The van der Waals surface area contributed by atoms with Crippen molar-refractivity contribution in [3.63, 3.8) is 0 Å². The van der Waals surface area contributed by atoms with Gasteiger partial charge in [0.25, 0.3) is 0 Å². The average Bonchev–Trinajstić information content (AvgIpc) is 3.23. The second-order valence-electron chi connectivity index (χ2n) is 8.53. The molecular formula is C25H27NO6S. The summed E-state index contributed by atoms with van der Waals surface area (Å²) in [6, 6.07) is 8.83. The van der Waals surface area contributed by atoms with Gasteiger partial charge in [-0.2, -0.15) is 4.72 Å². The fourth-order valence-electron chi connectivity index (χ4n) is 4.25. The Hall–Kier alpha value is -2.97. The van der Waals surface area contributed by atoms with Crippen LogP contribution >= 0.6 is 0 Å². The highest BCUT2D eigenvalue weighted by Crippen LogP contribution is 2.35. The summed E-state index contributed by atoms with van der Waals surface area (Å²) in [5, 5.41) is 0.609. The first-order valence-electron chi connectivity index (χ1n) is 11.1. The summed E-state index contributed by atoms with van der Waals surface area (Å²) < 4.78 is 39.5. The molecule has 1 aliphatic rings. The Kier molecular flexibility index (Phi) is 6.41. The Morgan fingerprint density at radius 3 is 2.48 bits per heavy atom. The van der Waals surface area contributed by atoms with E-state index in [1.54, 1.807) is 24.3 Å². The Morgan fingerprint density at radius 1 is 1.09 bits per heavy atom. The molecule has 7 nitrogen and oxygen atoms in total. The highest BCUT2D eigenvalue weighted by molar-refractivity contribution is 7.89. The summed E-state index contributed by atoms with van der Waals surface area (Å²) in [5.41, 5.74) is 3.18. The maximum Gasteiger partial charge on any atom is 0.339 e. The molecule has 3 aromatic rings. The van der Waals surface area contributed by atoms with Gasteiger partial charge in [-0.3, -0.25) is 0 Å². The molecule has 0 radical (unpaired) electrons. The molecule has 4 rings (SSSR count). The lowest BCUT2D eigenvalue weighted by atomic mass is 10.0. The van der Waals surface area contributed by atoms with Gasteiger partial charge >= 0.3 is 11.6 Å². The fourth-order valence-corrected chi connectivity index (χ4v) is 5.47. The molecule has 0 saturated carbocycles. The zero-order valence-electron chi connectivity index (χ0n) is 18.9. The lowest BCUT2D eigenvalue weighted by molar-refractivity contribution is -0.136. The molecular weight excluding hydrogens is 442 g/mol. The molecule has 1 N–H and O–H groups in total. The number of aryl methyl sites for hydroxylation is 3. The van der Waals surface area contributed by atoms with Crippen molar-refractivity contribution >= 4 is 27.0 Å². The van der Waals surface area contributed by atoms with Gasteiger partial charge in [-0.1, -0.05) is 31.0 Å². The maximum atomic E-state index is 13.1. The first kappa shape index (κ1) is 23.2. The molecule has 1 atom stereocenters. The van der Waals surface area contributed by atoms with E-state index >= 15 is 0 Å². The molecule has 0 unspecified atom stereocenters. The van der Waals surface area contributed by atoms with Crippen LogP contribution in [-0.2, 0) is 27.7 Å². The number of rotatable bonds is 7. The predicted molar refractivity (Wildman–Crippen MR) is 125 cm³/mol. The number of carbonyl (C=O) groups excluding carboxylic acids is 1. The van der Waals surface area contributed by atoms with Gasteiger partial charge in [0.05, 0.1) is 10.3 Å². The van der Waals surface area contributed by atoms with E-state index in [0.717, 1.165) is 23.1 Å². The quantitative estimate of drug-likeness (QED) is 0.319. The number of benzene rings is 2. The molecule has 1 aromatic heterocycles. The van der Waals surface area contributed by atoms with Crippen molar-refractivity contribution in [2.24, 2.45) is 0 Å². The molecule has 1 heterocycles. The van der Waals surface area contributed by atoms with E-state index in [1.165, 1.54) is 12.1 Å². The second-order valence-corrected chi connectivity index (χ2v) is 10.2. The minimum absolute atomic E-state index is 0.0857. The van der Waals surface area contributed by atoms with Crippen LogP contribution in [0, 0.1) is 13.8 Å². The predicted octanol–water partition coefficient (Wildman–Crippen LogP) is 3.95. The van der Waals surface area contributed by atoms with Crippen molar-refractivity contribution < 1.29 is 22.4 Å². The average molecular weight is 470 g/mol. The van der Waals surface area contributed by atoms with Gasteiger partial charge in [-0.15, -0.1) is 0 Å². The van der Waals surface area contributed by atoms with Crippen molar-refractivity contribution in [2.75, 3.05) is 0 Å². The molecule has 8 heteroatoms. The summed E-state index contributed by atoms with van der Waals surface area (Å²) >= 11 is 0. The van der Waals surface area contributed by atoms with Crippen LogP contribution < -0.4 is 15.1 Å². The molecule has 33 heavy (non-hydrogen) atoms. The zero-order chi connectivity index (χ0) is 23.8. The Labute approximate surface area is 192 Å². The van der Waals surface area contributed by atoms with Crippen LogP contribution in [0.25, 0.3) is 11.0 Å². The van der Waals surface area contributed by atoms with Gasteiger partial charge in [-0.05, 0) is 74.9 Å². The van der Waals surface area contributed by atoms with Crippen LogP contribution in [0.3, 0.4) is 0 Å². The first-order chi connectivity index (χ1) is 15.7. The van der Waals surface area contributed by atoms with Crippen LogP contribution in [0.15, 0.2) is 50.5 Å². The van der Waals surface area contributed by atoms with E-state index in [0.29, 0.717) is 35.8 Å². The van der Waals surface area contributed by atoms with Crippen LogP contribution in [-0.4, -0.2) is 20.4 Å². The number of carbonyl (C=O) groups is 1. The summed E-state index contributed by atoms with van der Waals surface area (Å²) in [7, 11) is -3.91. The third-order valence-corrected chi connectivity index (χ3v) is 7.37. The Bertz CT molecular complexity index is 1370. The van der Waals surface area contributed by atoms with E-state index < -0.39 is 22.0 Å². The smallest absolute Gasteiger partial charge is 0.339 e. The Balaban J connectivity index is 1.68. The van der Waals surface area contributed by atoms with E-state index in [4.69, 9.17) is 9.15 Å². The van der Waals surface area contributed by atoms with E-state index in [9.17, 15) is 18.0 Å². The molecule has 1 aliphatic carbocycles. The summed E-state index contributed by atoms with van der Waals surface area (Å²) in [5.74, 6) is -0.412. The highest BCUT2D eigenvalue weighted by atomic mass is 32.2. The third kappa shape index (κ3) is 4.72. The minimum Gasteiger partial charge on any atom is -0.425 e. The topological polar surface area (TPSA) is 103 Å². The fraction of sp³-hybridized carbons (Fsp3) is 0.360. The SMILES string of the molecule is CCC[C@H](NS(=O)(=O)c1ccc(C)cc1)C(=O)Oc1cc(C)cc2oc(=O)c3c(c12)CCC3. The molecule has 0 saturated heterocycles. The maximum absolute atomic E-state index is 13.1. The number of ether oxygens (including phenoxy) is 1. The normalized spacial score (nSPS) is 14.3. The first-order valence-corrected chi connectivity index (χ1v) is 12.6. The molecule has 0 spiro atoms. The second kappa shape index (κ2) is 9.11. The van der Waals surface area contributed by atoms with E-state index in [2.05, 4.69) is 4.72 Å². The van der Waals surface area contributed by atoms with Crippen molar-refractivity contribution in [1.29, 1.82) is 0 Å². The molecule has 0 amide bonds. The van der Waals surface area contributed by atoms with Gasteiger partial charge in [0, 0.05) is 5.56 Å². The van der Waals surface area contributed by atoms with Crippen LogP contribution in [0.2, 0.25) is 0 Å². The summed E-state index contributed by atoms with van der Waals surface area (Å²) in [4.78, 5) is 25.6. The van der Waals surface area contributed by atoms with Gasteiger partial charge < -0.3 is 9.15 Å². The standard InChI is InChI=1S/C25H27NO6S/c1-4-6-20(26-33(29,30)17-11-9-15(2)10-12-17)25(28)32-22-14-16(3)13-21-23(22)18-7-5-8-19(18)24(27)31-21/h9-14,20,26H,4-8H2,1-3H3/t20-/m0/s1. The van der Waals surface area contributed by atoms with Crippen molar-refractivity contribution in [3.05, 3.63) is 69.1 Å². The number of esters is 1. The van der Waals surface area contributed by atoms with E-state index in [-0.39, 0.29) is 22.7 Å². The van der Waals surface area contributed by atoms with Gasteiger partial charge in [-0.25, -0.2) is 18.0 Å². The third-order valence-electron chi connectivity index (χ3n) is 5.88. The lowest BCUT2D eigenvalue weighted by Gasteiger charge is -2.18. The Morgan fingerprint density at radius 2 is 1.79 bits per heavy atom. The monoisotopic (exact) mass is 469 g/mol. The molecule has 0 fully saturated rings. The van der Waals surface area contributed by atoms with E-state index in [1.807, 2.05) is 20.8 Å². The van der Waals surface area contributed by atoms with Crippen molar-refractivity contribution in [3.8, 4) is 5.75 Å². The molecule has 174 valence electrons. The lowest BCUT2D eigenvalue weighted by Crippen LogP contribution is -2.42. The highest BCUT2D eigenvalue weighted by Gasteiger charge is 2.29. The number of hydrogen-bond donors (Lipinski definition) is 1. The summed E-state index contributed by atoms with van der Waals surface area (Å²) in [6.45, 7) is 5.55. The summed E-state index contributed by atoms with van der Waals surface area (Å²) in [6.07, 6.45) is 3.01. The van der Waals surface area contributed by atoms with Gasteiger partial charge in [0.15, 0.2) is 0 Å².